The lowest BCUT2D eigenvalue weighted by Crippen LogP contribution is -1.97. The van der Waals surface area contributed by atoms with Crippen molar-refractivity contribution in [3.8, 4) is 11.5 Å². The summed E-state index contributed by atoms with van der Waals surface area (Å²) in [6, 6.07) is 17.3. The predicted molar refractivity (Wildman–Crippen MR) is 101 cm³/mol. The van der Waals surface area contributed by atoms with E-state index in [9.17, 15) is 10.2 Å². The Morgan fingerprint density at radius 1 is 1.08 bits per heavy atom. The number of aliphatic imine (C=N–C) groups is 1. The van der Waals surface area contributed by atoms with E-state index in [-0.39, 0.29) is 12.4 Å². The minimum atomic E-state index is -0.214. The molecule has 2 aromatic carbocycles. The van der Waals surface area contributed by atoms with Crippen molar-refractivity contribution in [3.63, 3.8) is 0 Å². The van der Waals surface area contributed by atoms with Gasteiger partial charge in [-0.3, -0.25) is 9.98 Å². The average Bonchev–Trinajstić information content (AvgIpc) is 2.69. The number of aliphatic hydroxyl groups excluding tert-OH is 1. The summed E-state index contributed by atoms with van der Waals surface area (Å²) < 4.78 is 5.75. The van der Waals surface area contributed by atoms with E-state index in [0.29, 0.717) is 23.4 Å². The van der Waals surface area contributed by atoms with Crippen molar-refractivity contribution < 1.29 is 14.9 Å². The van der Waals surface area contributed by atoms with Gasteiger partial charge in [0.1, 0.15) is 18.1 Å². The van der Waals surface area contributed by atoms with E-state index in [0.717, 1.165) is 17.0 Å². The molecule has 0 unspecified atom stereocenters. The fraction of sp³-hybridized carbons (Fsp3) is 0.143. The lowest BCUT2D eigenvalue weighted by atomic mass is 10.1. The number of aromatic hydroxyl groups is 1. The molecule has 1 heterocycles. The first-order valence-electron chi connectivity index (χ1n) is 8.26. The lowest BCUT2D eigenvalue weighted by molar-refractivity contribution is 0.280. The summed E-state index contributed by atoms with van der Waals surface area (Å²) in [4.78, 5) is 8.40. The van der Waals surface area contributed by atoms with Crippen LogP contribution < -0.4 is 4.74 Å². The quantitative estimate of drug-likeness (QED) is 0.662. The van der Waals surface area contributed by atoms with Gasteiger partial charge in [-0.2, -0.15) is 0 Å². The Hall–Kier alpha value is -3.18. The number of aromatic nitrogens is 1. The first kappa shape index (κ1) is 17.6. The second kappa shape index (κ2) is 8.27. The van der Waals surface area contributed by atoms with Crippen molar-refractivity contribution in [1.29, 1.82) is 0 Å². The third kappa shape index (κ3) is 4.26. The standard InChI is InChI=1S/C21H20N2O3/c1-15-21(25)20(17(13-24)11-22-15)12-23-18-7-9-19(10-8-18)26-14-16-5-3-2-4-6-16/h2-12,24-25H,13-14H2,1H3. The van der Waals surface area contributed by atoms with Gasteiger partial charge in [0, 0.05) is 23.5 Å². The molecule has 26 heavy (non-hydrogen) atoms. The van der Waals surface area contributed by atoms with Crippen LogP contribution in [0.2, 0.25) is 0 Å². The van der Waals surface area contributed by atoms with Crippen molar-refractivity contribution in [2.45, 2.75) is 20.1 Å². The molecular formula is C21H20N2O3. The monoisotopic (exact) mass is 348 g/mol. The summed E-state index contributed by atoms with van der Waals surface area (Å²) in [6.07, 6.45) is 3.08. The zero-order chi connectivity index (χ0) is 18.4. The highest BCUT2D eigenvalue weighted by Gasteiger charge is 2.09. The Labute approximate surface area is 152 Å². The second-order valence-electron chi connectivity index (χ2n) is 5.82. The maximum Gasteiger partial charge on any atom is 0.145 e. The van der Waals surface area contributed by atoms with Crippen molar-refractivity contribution in [1.82, 2.24) is 4.98 Å². The zero-order valence-electron chi connectivity index (χ0n) is 14.5. The first-order valence-corrected chi connectivity index (χ1v) is 8.26. The number of hydrogen-bond donors (Lipinski definition) is 2. The molecule has 0 aliphatic heterocycles. The van der Waals surface area contributed by atoms with Gasteiger partial charge in [-0.25, -0.2) is 0 Å². The van der Waals surface area contributed by atoms with Gasteiger partial charge in [0.25, 0.3) is 0 Å². The van der Waals surface area contributed by atoms with Gasteiger partial charge in [-0.1, -0.05) is 30.3 Å². The van der Waals surface area contributed by atoms with E-state index in [1.165, 1.54) is 12.4 Å². The number of rotatable bonds is 6. The summed E-state index contributed by atoms with van der Waals surface area (Å²) in [5.41, 5.74) is 3.32. The summed E-state index contributed by atoms with van der Waals surface area (Å²) in [7, 11) is 0. The van der Waals surface area contributed by atoms with Crippen LogP contribution in [-0.4, -0.2) is 21.4 Å². The molecule has 0 fully saturated rings. The molecule has 132 valence electrons. The molecule has 5 heteroatoms. The number of aryl methyl sites for hydroxylation is 1. The summed E-state index contributed by atoms with van der Waals surface area (Å²) in [5, 5.41) is 19.5. The van der Waals surface area contributed by atoms with Gasteiger partial charge in [0.15, 0.2) is 0 Å². The number of pyridine rings is 1. The molecule has 0 atom stereocenters. The molecule has 0 amide bonds. The van der Waals surface area contributed by atoms with Crippen LogP contribution in [0.5, 0.6) is 11.5 Å². The number of benzene rings is 2. The van der Waals surface area contributed by atoms with E-state index in [2.05, 4.69) is 9.98 Å². The Kier molecular flexibility index (Phi) is 5.61. The number of nitrogens with zero attached hydrogens (tertiary/aromatic N) is 2. The van der Waals surface area contributed by atoms with E-state index < -0.39 is 0 Å². The van der Waals surface area contributed by atoms with Crippen molar-refractivity contribution in [3.05, 3.63) is 83.2 Å². The highest BCUT2D eigenvalue weighted by molar-refractivity contribution is 5.87. The minimum absolute atomic E-state index is 0.0307. The average molecular weight is 348 g/mol. The van der Waals surface area contributed by atoms with Gasteiger partial charge >= 0.3 is 0 Å². The molecule has 1 aromatic heterocycles. The highest BCUT2D eigenvalue weighted by Crippen LogP contribution is 2.24. The largest absolute Gasteiger partial charge is 0.505 e. The summed E-state index contributed by atoms with van der Waals surface area (Å²) in [6.45, 7) is 1.99. The molecule has 2 N–H and O–H groups in total. The topological polar surface area (TPSA) is 74.9 Å². The fourth-order valence-corrected chi connectivity index (χ4v) is 2.43. The molecule has 3 aromatic rings. The van der Waals surface area contributed by atoms with Gasteiger partial charge in [0.2, 0.25) is 0 Å². The predicted octanol–water partition coefficient (Wildman–Crippen LogP) is 3.92. The molecule has 0 saturated carbocycles. The van der Waals surface area contributed by atoms with Crippen molar-refractivity contribution in [2.75, 3.05) is 0 Å². The third-order valence-corrected chi connectivity index (χ3v) is 3.96. The van der Waals surface area contributed by atoms with E-state index in [4.69, 9.17) is 4.74 Å². The Bertz CT molecular complexity index is 891. The first-order chi connectivity index (χ1) is 12.7. The molecule has 5 nitrogen and oxygen atoms in total. The smallest absolute Gasteiger partial charge is 0.145 e. The van der Waals surface area contributed by atoms with E-state index in [1.807, 2.05) is 54.6 Å². The normalized spacial score (nSPS) is 11.0. The lowest BCUT2D eigenvalue weighted by Gasteiger charge is -2.07. The van der Waals surface area contributed by atoms with Gasteiger partial charge in [-0.15, -0.1) is 0 Å². The van der Waals surface area contributed by atoms with Crippen molar-refractivity contribution in [2.24, 2.45) is 4.99 Å². The second-order valence-corrected chi connectivity index (χ2v) is 5.82. The van der Waals surface area contributed by atoms with Gasteiger partial charge in [-0.05, 0) is 36.8 Å². The van der Waals surface area contributed by atoms with Crippen LogP contribution in [-0.2, 0) is 13.2 Å². The Morgan fingerprint density at radius 2 is 1.81 bits per heavy atom. The molecule has 0 saturated heterocycles. The number of hydrogen-bond acceptors (Lipinski definition) is 5. The van der Waals surface area contributed by atoms with Crippen LogP contribution in [0, 0.1) is 6.92 Å². The number of ether oxygens (including phenoxy) is 1. The SMILES string of the molecule is Cc1ncc(CO)c(C=Nc2ccc(OCc3ccccc3)cc2)c1O. The summed E-state index contributed by atoms with van der Waals surface area (Å²) in [5.74, 6) is 0.787. The van der Waals surface area contributed by atoms with E-state index in [1.54, 1.807) is 6.92 Å². The van der Waals surface area contributed by atoms with Crippen LogP contribution >= 0.6 is 0 Å². The van der Waals surface area contributed by atoms with E-state index >= 15 is 0 Å². The molecule has 3 rings (SSSR count). The van der Waals surface area contributed by atoms with Crippen LogP contribution in [0.3, 0.4) is 0 Å². The zero-order valence-corrected chi connectivity index (χ0v) is 14.5. The van der Waals surface area contributed by atoms with Crippen molar-refractivity contribution >= 4 is 11.9 Å². The minimum Gasteiger partial charge on any atom is -0.505 e. The molecular weight excluding hydrogens is 328 g/mol. The van der Waals surface area contributed by atoms with Crippen LogP contribution in [0.1, 0.15) is 22.4 Å². The Morgan fingerprint density at radius 3 is 2.50 bits per heavy atom. The molecule has 0 spiro atoms. The van der Waals surface area contributed by atoms with Crippen LogP contribution in [0.15, 0.2) is 65.8 Å². The van der Waals surface area contributed by atoms with Gasteiger partial charge in [0.05, 0.1) is 18.0 Å². The maximum atomic E-state index is 10.1. The molecule has 0 aliphatic carbocycles. The van der Waals surface area contributed by atoms with Crippen LogP contribution in [0.25, 0.3) is 0 Å². The maximum absolute atomic E-state index is 10.1. The van der Waals surface area contributed by atoms with Gasteiger partial charge < -0.3 is 14.9 Å². The highest BCUT2D eigenvalue weighted by atomic mass is 16.5. The molecule has 0 bridgehead atoms. The third-order valence-electron chi connectivity index (χ3n) is 3.96. The Balaban J connectivity index is 1.70. The van der Waals surface area contributed by atoms with Crippen LogP contribution in [0.4, 0.5) is 5.69 Å². The fourth-order valence-electron chi connectivity index (χ4n) is 2.43. The summed E-state index contributed by atoms with van der Waals surface area (Å²) >= 11 is 0. The molecule has 0 radical (unpaired) electrons. The molecule has 0 aliphatic rings. The number of aliphatic hydroxyl groups is 1.